The number of hydrogen-bond acceptors (Lipinski definition) is 3. The highest BCUT2D eigenvalue weighted by atomic mass is 31.2. The van der Waals surface area contributed by atoms with Crippen molar-refractivity contribution in [1.82, 2.24) is 9.55 Å². The van der Waals surface area contributed by atoms with Gasteiger partial charge in [-0.1, -0.05) is 0 Å². The molecule has 0 radical (unpaired) electrons. The molecule has 0 aliphatic rings. The summed E-state index contributed by atoms with van der Waals surface area (Å²) in [5.41, 5.74) is 0. The number of aryl methyl sites for hydroxylation is 1. The Morgan fingerprint density at radius 2 is 2.46 bits per heavy atom. The molecule has 1 aromatic heterocycles. The second-order valence-corrected chi connectivity index (χ2v) is 4.56. The third-order valence-electron chi connectivity index (χ3n) is 1.53. The van der Waals surface area contributed by atoms with Crippen LogP contribution in [-0.4, -0.2) is 27.2 Å². The largest absolute Gasteiger partial charge is 0.337 e. The van der Waals surface area contributed by atoms with Crippen LogP contribution < -0.4 is 0 Å². The molecule has 1 atom stereocenters. The van der Waals surface area contributed by atoms with Crippen LogP contribution in [0.4, 0.5) is 0 Å². The van der Waals surface area contributed by atoms with E-state index in [1.54, 1.807) is 30.2 Å². The van der Waals surface area contributed by atoms with Crippen LogP contribution in [0.5, 0.6) is 0 Å². The topological polar surface area (TPSA) is 64.3 Å². The number of rotatable bonds is 5. The SMILES string of the molecule is CCOP(=O)(O)CCn1ccnc1. The molecule has 1 N–H and O–H groups in total. The number of nitrogens with zero attached hydrogens (tertiary/aromatic N) is 2. The van der Waals surface area contributed by atoms with E-state index in [4.69, 9.17) is 4.52 Å². The molecule has 6 heteroatoms. The lowest BCUT2D eigenvalue weighted by molar-refractivity contribution is 0.272. The highest BCUT2D eigenvalue weighted by molar-refractivity contribution is 7.52. The predicted octanol–water partition coefficient (Wildman–Crippen LogP) is 1.10. The Morgan fingerprint density at radius 3 is 3.00 bits per heavy atom. The van der Waals surface area contributed by atoms with Gasteiger partial charge >= 0.3 is 7.60 Å². The minimum Gasteiger partial charge on any atom is -0.337 e. The number of hydrogen-bond donors (Lipinski definition) is 1. The first kappa shape index (κ1) is 10.4. The van der Waals surface area contributed by atoms with Crippen molar-refractivity contribution in [3.8, 4) is 0 Å². The molecule has 1 unspecified atom stereocenters. The van der Waals surface area contributed by atoms with Crippen molar-refractivity contribution in [2.24, 2.45) is 0 Å². The summed E-state index contributed by atoms with van der Waals surface area (Å²) in [6.45, 7) is 2.41. The van der Waals surface area contributed by atoms with Crippen molar-refractivity contribution in [2.75, 3.05) is 12.8 Å². The Hall–Kier alpha value is -0.640. The van der Waals surface area contributed by atoms with Crippen LogP contribution in [0.1, 0.15) is 6.92 Å². The Balaban J connectivity index is 2.38. The summed E-state index contributed by atoms with van der Waals surface area (Å²) in [6.07, 6.45) is 5.10. The fraction of sp³-hybridized carbons (Fsp3) is 0.571. The molecule has 0 fully saturated rings. The van der Waals surface area contributed by atoms with Crippen LogP contribution >= 0.6 is 7.60 Å². The van der Waals surface area contributed by atoms with Gasteiger partial charge in [0.1, 0.15) is 0 Å². The first-order chi connectivity index (χ1) is 6.14. The maximum atomic E-state index is 11.2. The lowest BCUT2D eigenvalue weighted by Crippen LogP contribution is -2.03. The fourth-order valence-electron chi connectivity index (χ4n) is 0.927. The molecule has 0 aliphatic carbocycles. The third-order valence-corrected chi connectivity index (χ3v) is 2.96. The summed E-state index contributed by atoms with van der Waals surface area (Å²) in [6, 6.07) is 0. The van der Waals surface area contributed by atoms with Gasteiger partial charge in [-0.15, -0.1) is 0 Å². The monoisotopic (exact) mass is 204 g/mol. The van der Waals surface area contributed by atoms with E-state index in [2.05, 4.69) is 4.98 Å². The fourth-order valence-corrected chi connectivity index (χ4v) is 1.94. The first-order valence-electron chi connectivity index (χ1n) is 4.06. The molecule has 5 nitrogen and oxygen atoms in total. The summed E-state index contributed by atoms with van der Waals surface area (Å²) < 4.78 is 17.7. The second kappa shape index (κ2) is 4.56. The van der Waals surface area contributed by atoms with Gasteiger partial charge in [0.05, 0.1) is 19.1 Å². The van der Waals surface area contributed by atoms with Gasteiger partial charge in [0.2, 0.25) is 0 Å². The van der Waals surface area contributed by atoms with Gasteiger partial charge in [-0.3, -0.25) is 4.57 Å². The van der Waals surface area contributed by atoms with Gasteiger partial charge in [-0.25, -0.2) is 4.98 Å². The van der Waals surface area contributed by atoms with Gasteiger partial charge in [-0.2, -0.15) is 0 Å². The molecule has 74 valence electrons. The van der Waals surface area contributed by atoms with E-state index in [0.29, 0.717) is 6.54 Å². The summed E-state index contributed by atoms with van der Waals surface area (Å²) >= 11 is 0. The van der Waals surface area contributed by atoms with E-state index in [0.717, 1.165) is 0 Å². The van der Waals surface area contributed by atoms with Crippen molar-refractivity contribution < 1.29 is 14.0 Å². The summed E-state index contributed by atoms with van der Waals surface area (Å²) in [5.74, 6) is 0. The number of imidazole rings is 1. The lowest BCUT2D eigenvalue weighted by Gasteiger charge is -2.10. The Labute approximate surface area is 76.9 Å². The quantitative estimate of drug-likeness (QED) is 0.729. The van der Waals surface area contributed by atoms with Crippen LogP contribution in [0, 0.1) is 0 Å². The number of aromatic nitrogens is 2. The van der Waals surface area contributed by atoms with Crippen LogP contribution in [0.15, 0.2) is 18.7 Å². The average molecular weight is 204 g/mol. The molecule has 0 aliphatic heterocycles. The van der Waals surface area contributed by atoms with Crippen LogP contribution in [0.3, 0.4) is 0 Å². The molecule has 0 aromatic carbocycles. The molecule has 0 saturated carbocycles. The zero-order valence-electron chi connectivity index (χ0n) is 7.46. The molecule has 0 spiro atoms. The molecular formula is C7H13N2O3P. The first-order valence-corrected chi connectivity index (χ1v) is 5.82. The van der Waals surface area contributed by atoms with E-state index in [9.17, 15) is 9.46 Å². The van der Waals surface area contributed by atoms with Crippen molar-refractivity contribution in [3.63, 3.8) is 0 Å². The van der Waals surface area contributed by atoms with Gasteiger partial charge < -0.3 is 14.0 Å². The molecule has 13 heavy (non-hydrogen) atoms. The van der Waals surface area contributed by atoms with E-state index < -0.39 is 7.60 Å². The Kier molecular flexibility index (Phi) is 3.66. The highest BCUT2D eigenvalue weighted by Crippen LogP contribution is 2.41. The van der Waals surface area contributed by atoms with Gasteiger partial charge in [0, 0.05) is 18.9 Å². The zero-order valence-corrected chi connectivity index (χ0v) is 8.35. The maximum Gasteiger partial charge on any atom is 0.329 e. The van der Waals surface area contributed by atoms with Gasteiger partial charge in [0.25, 0.3) is 0 Å². The smallest absolute Gasteiger partial charge is 0.329 e. The van der Waals surface area contributed by atoms with Gasteiger partial charge in [0.15, 0.2) is 0 Å². The normalized spacial score (nSPS) is 15.5. The van der Waals surface area contributed by atoms with Crippen LogP contribution in [0.2, 0.25) is 0 Å². The van der Waals surface area contributed by atoms with Crippen LogP contribution in [-0.2, 0) is 15.6 Å². The summed E-state index contributed by atoms with van der Waals surface area (Å²) in [7, 11) is -3.38. The Bertz CT molecular complexity index is 286. The third kappa shape index (κ3) is 3.72. The van der Waals surface area contributed by atoms with Crippen molar-refractivity contribution >= 4 is 7.60 Å². The molecule has 0 saturated heterocycles. The summed E-state index contributed by atoms with van der Waals surface area (Å²) in [5, 5.41) is 0. The molecule has 0 amide bonds. The molecule has 1 aromatic rings. The van der Waals surface area contributed by atoms with Crippen molar-refractivity contribution in [1.29, 1.82) is 0 Å². The minimum atomic E-state index is -3.38. The molecule has 1 rings (SSSR count). The van der Waals surface area contributed by atoms with Crippen molar-refractivity contribution in [3.05, 3.63) is 18.7 Å². The van der Waals surface area contributed by atoms with Crippen molar-refractivity contribution in [2.45, 2.75) is 13.5 Å². The molecular weight excluding hydrogens is 191 g/mol. The highest BCUT2D eigenvalue weighted by Gasteiger charge is 2.17. The standard InChI is InChI=1S/C7H13N2O3P/c1-2-12-13(10,11)6-5-9-4-3-8-7-9/h3-4,7H,2,5-6H2,1H3,(H,10,11). The van der Waals surface area contributed by atoms with E-state index >= 15 is 0 Å². The molecule has 0 bridgehead atoms. The molecule has 1 heterocycles. The summed E-state index contributed by atoms with van der Waals surface area (Å²) in [4.78, 5) is 13.0. The second-order valence-electron chi connectivity index (χ2n) is 2.58. The van der Waals surface area contributed by atoms with Gasteiger partial charge in [-0.05, 0) is 6.92 Å². The van der Waals surface area contributed by atoms with E-state index in [1.807, 2.05) is 0 Å². The van der Waals surface area contributed by atoms with Crippen LogP contribution in [0.25, 0.3) is 0 Å². The lowest BCUT2D eigenvalue weighted by atomic mass is 10.7. The van der Waals surface area contributed by atoms with E-state index in [1.165, 1.54) is 0 Å². The minimum absolute atomic E-state index is 0.122. The maximum absolute atomic E-state index is 11.2. The predicted molar refractivity (Wildman–Crippen MR) is 48.5 cm³/mol. The zero-order chi connectivity index (χ0) is 9.73. The van der Waals surface area contributed by atoms with E-state index in [-0.39, 0.29) is 12.8 Å². The Morgan fingerprint density at radius 1 is 1.69 bits per heavy atom. The average Bonchev–Trinajstić information content (AvgIpc) is 2.52.